The molecule has 1 unspecified atom stereocenters. The summed E-state index contributed by atoms with van der Waals surface area (Å²) < 4.78 is 21.9. The lowest BCUT2D eigenvalue weighted by molar-refractivity contribution is -0.134. The number of methoxy groups -OCH3 is 1. The Kier molecular flexibility index (Phi) is 7.65. The number of fused-ring (bicyclic) bond motifs is 1. The van der Waals surface area contributed by atoms with Crippen LogP contribution < -0.4 is 16.0 Å². The van der Waals surface area contributed by atoms with Gasteiger partial charge in [-0.3, -0.25) is 19.0 Å². The molecule has 3 rings (SSSR count). The number of hydrogen-bond acceptors (Lipinski definition) is 6. The van der Waals surface area contributed by atoms with Gasteiger partial charge in [0, 0.05) is 13.1 Å². The molecule has 0 aliphatic heterocycles. The third-order valence-corrected chi connectivity index (χ3v) is 8.39. The van der Waals surface area contributed by atoms with E-state index < -0.39 is 41.3 Å². The maximum absolute atomic E-state index is 13.9. The Morgan fingerprint density at radius 1 is 1.24 bits per heavy atom. The maximum Gasteiger partial charge on any atom is 0.333 e. The van der Waals surface area contributed by atoms with E-state index in [-0.39, 0.29) is 22.7 Å². The van der Waals surface area contributed by atoms with Crippen LogP contribution in [0.3, 0.4) is 0 Å². The Bertz CT molecular complexity index is 1410. The van der Waals surface area contributed by atoms with Gasteiger partial charge in [0.25, 0.3) is 5.56 Å². The summed E-state index contributed by atoms with van der Waals surface area (Å²) >= 11 is 3.28. The Labute approximate surface area is 213 Å². The van der Waals surface area contributed by atoms with Crippen LogP contribution in [0.15, 0.2) is 27.8 Å². The fourth-order valence-electron chi connectivity index (χ4n) is 3.60. The minimum Gasteiger partial charge on any atom is -0.496 e. The number of likely N-dealkylation sites (N-methyl/N-ethyl adjacent to an activating group) is 1. The third kappa shape index (κ3) is 4.54. The molecule has 0 N–H and O–H groups in total. The number of ketones is 1. The van der Waals surface area contributed by atoms with Crippen LogP contribution >= 0.6 is 33.9 Å². The second kappa shape index (κ2) is 9.98. The summed E-state index contributed by atoms with van der Waals surface area (Å²) in [6.45, 7) is 6.44. The predicted molar refractivity (Wildman–Crippen MR) is 138 cm³/mol. The molecule has 0 aliphatic rings. The Balaban J connectivity index is 2.25. The van der Waals surface area contributed by atoms with Crippen molar-refractivity contribution in [3.05, 3.63) is 58.9 Å². The molecule has 2 heterocycles. The van der Waals surface area contributed by atoms with E-state index in [4.69, 9.17) is 4.74 Å². The lowest BCUT2D eigenvalue weighted by Gasteiger charge is -2.26. The molecule has 182 valence electrons. The minimum absolute atomic E-state index is 0.0214. The number of hydrogen-bond donors (Lipinski definition) is 0. The SMILES string of the molecule is COc1ccc(F)cc1C(=O)Cn1c(=O)n(C(C)C(=O)N(C)C(C)C)c(=O)c2c(C)c(I)sc21. The van der Waals surface area contributed by atoms with Crippen LogP contribution in [-0.4, -0.2) is 45.9 Å². The quantitative estimate of drug-likeness (QED) is 0.305. The van der Waals surface area contributed by atoms with Crippen LogP contribution in [0.5, 0.6) is 5.75 Å². The van der Waals surface area contributed by atoms with Gasteiger partial charge in [0.2, 0.25) is 5.91 Å². The monoisotopic (exact) mass is 601 g/mol. The number of aryl methyl sites for hydroxylation is 1. The molecule has 34 heavy (non-hydrogen) atoms. The molecule has 0 saturated carbocycles. The molecule has 1 atom stereocenters. The summed E-state index contributed by atoms with van der Waals surface area (Å²) in [5.74, 6) is -1.42. The summed E-state index contributed by atoms with van der Waals surface area (Å²) in [5.41, 5.74) is -0.716. The van der Waals surface area contributed by atoms with Crippen LogP contribution in [0, 0.1) is 15.6 Å². The van der Waals surface area contributed by atoms with Crippen LogP contribution in [0.2, 0.25) is 0 Å². The number of aromatic nitrogens is 2. The van der Waals surface area contributed by atoms with Crippen molar-refractivity contribution < 1.29 is 18.7 Å². The minimum atomic E-state index is -1.08. The average Bonchev–Trinajstić information content (AvgIpc) is 3.09. The molecule has 8 nitrogen and oxygen atoms in total. The van der Waals surface area contributed by atoms with Crippen LogP contribution in [-0.2, 0) is 11.3 Å². The molecule has 1 amide bonds. The van der Waals surface area contributed by atoms with Crippen LogP contribution in [0.4, 0.5) is 4.39 Å². The molecule has 0 bridgehead atoms. The smallest absolute Gasteiger partial charge is 0.333 e. The zero-order chi connectivity index (χ0) is 25.5. The third-order valence-electron chi connectivity index (χ3n) is 5.82. The first-order chi connectivity index (χ1) is 15.9. The van der Waals surface area contributed by atoms with Crippen molar-refractivity contribution >= 4 is 55.8 Å². The molecular formula is C23H25FIN3O5S. The van der Waals surface area contributed by atoms with Crippen molar-refractivity contribution in [1.29, 1.82) is 0 Å². The van der Waals surface area contributed by atoms with Gasteiger partial charge in [-0.05, 0) is 74.0 Å². The molecule has 2 aromatic heterocycles. The summed E-state index contributed by atoms with van der Waals surface area (Å²) in [4.78, 5) is 54.9. The highest BCUT2D eigenvalue weighted by Crippen LogP contribution is 2.30. The van der Waals surface area contributed by atoms with Crippen molar-refractivity contribution in [2.24, 2.45) is 0 Å². The van der Waals surface area contributed by atoms with Gasteiger partial charge in [-0.2, -0.15) is 0 Å². The Morgan fingerprint density at radius 3 is 2.47 bits per heavy atom. The highest BCUT2D eigenvalue weighted by molar-refractivity contribution is 14.1. The zero-order valence-corrected chi connectivity index (χ0v) is 22.6. The van der Waals surface area contributed by atoms with E-state index in [0.29, 0.717) is 10.4 Å². The first-order valence-electron chi connectivity index (χ1n) is 10.5. The molecule has 0 saturated heterocycles. The number of ether oxygens (including phenoxy) is 1. The molecule has 0 radical (unpaired) electrons. The van der Waals surface area contributed by atoms with Crippen LogP contribution in [0.1, 0.15) is 42.7 Å². The van der Waals surface area contributed by atoms with Crippen molar-refractivity contribution in [2.45, 2.75) is 46.3 Å². The maximum atomic E-state index is 13.9. The standard InChI is InChI=1S/C23H25FIN3O5S/c1-11(2)26(5)20(30)13(4)28-21(31)18-12(3)19(25)34-22(18)27(23(28)32)10-16(29)15-9-14(24)7-8-17(15)33-6/h7-9,11,13H,10H2,1-6H3. The van der Waals surface area contributed by atoms with Gasteiger partial charge >= 0.3 is 5.69 Å². The number of nitrogens with zero attached hydrogens (tertiary/aromatic N) is 3. The summed E-state index contributed by atoms with van der Waals surface area (Å²) in [7, 11) is 2.96. The number of benzene rings is 1. The molecule has 11 heteroatoms. The van der Waals surface area contributed by atoms with E-state index in [9.17, 15) is 23.6 Å². The van der Waals surface area contributed by atoms with Gasteiger partial charge in [0.1, 0.15) is 22.4 Å². The van der Waals surface area contributed by atoms with Gasteiger partial charge in [-0.25, -0.2) is 13.8 Å². The number of Topliss-reactive ketones (excluding diaryl/α,β-unsaturated/α-hetero) is 1. The lowest BCUT2D eigenvalue weighted by Crippen LogP contribution is -2.48. The number of rotatable bonds is 7. The molecule has 1 aromatic carbocycles. The van der Waals surface area contributed by atoms with Gasteiger partial charge in [-0.15, -0.1) is 11.3 Å². The van der Waals surface area contributed by atoms with Gasteiger partial charge in [-0.1, -0.05) is 0 Å². The Hall–Kier alpha value is -2.54. The number of carbonyl (C=O) groups excluding carboxylic acids is 2. The van der Waals surface area contributed by atoms with E-state index in [1.165, 1.54) is 47.0 Å². The predicted octanol–water partition coefficient (Wildman–Crippen LogP) is 3.60. The van der Waals surface area contributed by atoms with Gasteiger partial charge in [0.05, 0.1) is 27.5 Å². The molecule has 0 aliphatic carbocycles. The van der Waals surface area contributed by atoms with Crippen molar-refractivity contribution in [3.63, 3.8) is 0 Å². The number of thiophene rings is 1. The first-order valence-corrected chi connectivity index (χ1v) is 12.4. The van der Waals surface area contributed by atoms with E-state index in [0.717, 1.165) is 13.5 Å². The fourth-order valence-corrected chi connectivity index (χ4v) is 5.52. The van der Waals surface area contributed by atoms with Crippen molar-refractivity contribution in [3.8, 4) is 5.75 Å². The zero-order valence-electron chi connectivity index (χ0n) is 19.6. The van der Waals surface area contributed by atoms with E-state index >= 15 is 0 Å². The summed E-state index contributed by atoms with van der Waals surface area (Å²) in [6, 6.07) is 2.33. The van der Waals surface area contributed by atoms with Gasteiger partial charge < -0.3 is 9.64 Å². The largest absolute Gasteiger partial charge is 0.496 e. The van der Waals surface area contributed by atoms with Crippen molar-refractivity contribution in [1.82, 2.24) is 14.0 Å². The second-order valence-electron chi connectivity index (χ2n) is 8.21. The number of amides is 1. The molecule has 0 spiro atoms. The fraction of sp³-hybridized carbons (Fsp3) is 0.391. The number of carbonyl (C=O) groups is 2. The molecule has 3 aromatic rings. The highest BCUT2D eigenvalue weighted by Gasteiger charge is 2.28. The summed E-state index contributed by atoms with van der Waals surface area (Å²) in [5, 5.41) is 0.278. The lowest BCUT2D eigenvalue weighted by atomic mass is 10.1. The molecule has 0 fully saturated rings. The normalized spacial score (nSPS) is 12.3. The van der Waals surface area contributed by atoms with E-state index in [2.05, 4.69) is 22.6 Å². The molecular weight excluding hydrogens is 576 g/mol. The van der Waals surface area contributed by atoms with E-state index in [1.54, 1.807) is 14.0 Å². The van der Waals surface area contributed by atoms with Crippen molar-refractivity contribution in [2.75, 3.05) is 14.2 Å². The second-order valence-corrected chi connectivity index (χ2v) is 11.0. The Morgan fingerprint density at radius 2 is 1.88 bits per heavy atom. The van der Waals surface area contributed by atoms with Crippen LogP contribution in [0.25, 0.3) is 10.2 Å². The summed E-state index contributed by atoms with van der Waals surface area (Å²) in [6.07, 6.45) is 0. The van der Waals surface area contributed by atoms with Gasteiger partial charge in [0.15, 0.2) is 5.78 Å². The average molecular weight is 601 g/mol. The van der Waals surface area contributed by atoms with E-state index in [1.807, 2.05) is 13.8 Å². The number of halogens is 2. The first kappa shape index (κ1) is 26.1. The topological polar surface area (TPSA) is 90.6 Å². The highest BCUT2D eigenvalue weighted by atomic mass is 127.